The Balaban J connectivity index is 1.27. The Hall–Kier alpha value is -6.68. The van der Waals surface area contributed by atoms with Crippen LogP contribution in [-0.4, -0.2) is 136 Å². The highest BCUT2D eigenvalue weighted by atomic mass is 35.5. The van der Waals surface area contributed by atoms with Crippen LogP contribution < -0.4 is 14.2 Å². The molecule has 0 N–H and O–H groups in total. The highest BCUT2D eigenvalue weighted by Gasteiger charge is 2.32. The zero-order valence-electron chi connectivity index (χ0n) is 45.8. The van der Waals surface area contributed by atoms with Gasteiger partial charge in [0, 0.05) is 67.3 Å². The molecule has 1 aliphatic rings. The molecule has 3 aromatic carbocycles. The van der Waals surface area contributed by atoms with Gasteiger partial charge in [-0.2, -0.15) is 18.2 Å². The fraction of sp³-hybridized carbons (Fsp3) is 0.456. The number of nitrogens with zero attached hydrogens (tertiary/aromatic N) is 7. The van der Waals surface area contributed by atoms with E-state index in [1.165, 1.54) is 42.1 Å². The highest BCUT2D eigenvalue weighted by molar-refractivity contribution is 7.22. The molecule has 0 radical (unpaired) electrons. The Morgan fingerprint density at radius 1 is 0.873 bits per heavy atom. The molecule has 79 heavy (non-hydrogen) atoms. The van der Waals surface area contributed by atoms with Crippen molar-refractivity contribution < 1.29 is 60.4 Å². The molecule has 0 aliphatic carbocycles. The molecule has 0 saturated carbocycles. The minimum absolute atomic E-state index is 0.00804. The second-order valence-electron chi connectivity index (χ2n) is 21.0. The Morgan fingerprint density at radius 3 is 2.28 bits per heavy atom. The quantitative estimate of drug-likeness (QED) is 0.0379. The van der Waals surface area contributed by atoms with E-state index in [1.807, 2.05) is 39.8 Å². The molecule has 424 valence electrons. The number of amides is 1. The number of hydrogen-bond donors (Lipinski definition) is 0. The average molecular weight is 1140 g/mol. The number of likely N-dealkylation sites (N-methyl/N-ethyl adjacent to an activating group) is 1. The number of thiophene rings is 1. The number of alkyl halides is 3. The van der Waals surface area contributed by atoms with Crippen molar-refractivity contribution in [1.82, 2.24) is 34.6 Å². The minimum Gasteiger partial charge on any atom is -0.487 e. The first kappa shape index (κ1) is 60.0. The number of piperazine rings is 1. The predicted octanol–water partition coefficient (Wildman–Crippen LogP) is 11.2. The average Bonchev–Trinajstić information content (AvgIpc) is 4.05. The molecule has 0 spiro atoms. The maximum atomic E-state index is 14.5. The summed E-state index contributed by atoms with van der Waals surface area (Å²) in [5.41, 5.74) is 2.90. The van der Waals surface area contributed by atoms with Crippen LogP contribution in [0.3, 0.4) is 0 Å². The first-order chi connectivity index (χ1) is 37.3. The van der Waals surface area contributed by atoms with Crippen LogP contribution in [0.2, 0.25) is 5.02 Å². The van der Waals surface area contributed by atoms with Crippen molar-refractivity contribution in [3.63, 3.8) is 0 Å². The van der Waals surface area contributed by atoms with E-state index in [0.717, 1.165) is 26.2 Å². The first-order valence-electron chi connectivity index (χ1n) is 25.8. The standard InChI is InChI=1S/C57H66ClF4N7O9S/c1-10-73-52(71)44(31-39-29-36(30-45(70)77-55(3,4)5)11-18-43(39)75-33-41-19-21-63-53(66-41)74-28-20-57(60,61)62)76-50-47-46(49(79-51(47)65-34-64-50)37-12-15-40(59)16-13-37)42-17-14-38(48(58)35(42)2)32-69(54(72)78-56(6,7)8)27-26-68-24-22-67(9)23-25-68/h11-19,21,29,34,44H,10,20,22-28,30-33H2,1-9H3/t44-/m1/s1. The number of fused-ring (bicyclic) bond motifs is 1. The van der Waals surface area contributed by atoms with Gasteiger partial charge in [-0.1, -0.05) is 48.0 Å². The lowest BCUT2D eigenvalue weighted by Gasteiger charge is -2.34. The lowest BCUT2D eigenvalue weighted by molar-refractivity contribution is -0.154. The van der Waals surface area contributed by atoms with Crippen LogP contribution in [0.1, 0.15) is 82.8 Å². The summed E-state index contributed by atoms with van der Waals surface area (Å²) in [6.45, 7) is 18.1. The minimum atomic E-state index is -4.43. The van der Waals surface area contributed by atoms with Gasteiger partial charge in [0.25, 0.3) is 0 Å². The number of ether oxygens (including phenoxy) is 6. The SMILES string of the molecule is CCOC(=O)[C@@H](Cc1cc(CC(=O)OC(C)(C)C)ccc1OCc1ccnc(OCCC(F)(F)F)n1)Oc1ncnc2sc(-c3ccc(F)cc3)c(-c3ccc(CN(CCN4CCN(C)CC4)C(=O)OC(C)(C)C)c(Cl)c3C)c12. The number of esters is 2. The highest BCUT2D eigenvalue weighted by Crippen LogP contribution is 2.49. The summed E-state index contributed by atoms with van der Waals surface area (Å²) in [5, 5.41) is 0.813. The van der Waals surface area contributed by atoms with Crippen molar-refractivity contribution >= 4 is 51.2 Å². The molecule has 0 bridgehead atoms. The van der Waals surface area contributed by atoms with E-state index in [2.05, 4.69) is 36.8 Å². The number of benzene rings is 3. The summed E-state index contributed by atoms with van der Waals surface area (Å²) in [7, 11) is 2.09. The van der Waals surface area contributed by atoms with Gasteiger partial charge in [-0.25, -0.2) is 28.9 Å². The third-order valence-corrected chi connectivity index (χ3v) is 14.0. The van der Waals surface area contributed by atoms with Gasteiger partial charge < -0.3 is 38.2 Å². The van der Waals surface area contributed by atoms with Gasteiger partial charge in [-0.15, -0.1) is 11.3 Å². The van der Waals surface area contributed by atoms with Crippen molar-refractivity contribution in [3.05, 3.63) is 112 Å². The maximum Gasteiger partial charge on any atom is 0.410 e. The smallest absolute Gasteiger partial charge is 0.410 e. The van der Waals surface area contributed by atoms with Crippen molar-refractivity contribution in [2.45, 2.75) is 111 Å². The lowest BCUT2D eigenvalue weighted by Crippen LogP contribution is -2.48. The van der Waals surface area contributed by atoms with Gasteiger partial charge in [0.1, 0.15) is 47.1 Å². The van der Waals surface area contributed by atoms with Crippen LogP contribution in [0.15, 0.2) is 73.2 Å². The molecule has 1 amide bonds. The molecule has 22 heteroatoms. The van der Waals surface area contributed by atoms with E-state index in [0.29, 0.717) is 72.2 Å². The molecule has 16 nitrogen and oxygen atoms in total. The van der Waals surface area contributed by atoms with Crippen LogP contribution in [-0.2, 0) is 49.8 Å². The molecule has 3 aromatic heterocycles. The van der Waals surface area contributed by atoms with Crippen LogP contribution in [0.4, 0.5) is 22.4 Å². The number of hydrogen-bond acceptors (Lipinski definition) is 16. The number of aromatic nitrogens is 4. The number of carbonyl (C=O) groups is 3. The van der Waals surface area contributed by atoms with Crippen LogP contribution >= 0.6 is 22.9 Å². The van der Waals surface area contributed by atoms with E-state index in [9.17, 15) is 31.9 Å². The van der Waals surface area contributed by atoms with E-state index < -0.39 is 60.4 Å². The van der Waals surface area contributed by atoms with Crippen LogP contribution in [0, 0.1) is 12.7 Å². The predicted molar refractivity (Wildman–Crippen MR) is 292 cm³/mol. The second-order valence-corrected chi connectivity index (χ2v) is 22.4. The molecule has 6 aromatic rings. The van der Waals surface area contributed by atoms with Crippen molar-refractivity contribution in [2.75, 3.05) is 59.5 Å². The molecule has 1 saturated heterocycles. The van der Waals surface area contributed by atoms with Gasteiger partial charge in [-0.05, 0) is 120 Å². The van der Waals surface area contributed by atoms with E-state index in [1.54, 1.807) is 62.9 Å². The fourth-order valence-corrected chi connectivity index (χ4v) is 9.94. The van der Waals surface area contributed by atoms with Gasteiger partial charge in [0.2, 0.25) is 12.0 Å². The Kier molecular flexibility index (Phi) is 19.8. The third kappa shape index (κ3) is 17.2. The van der Waals surface area contributed by atoms with Gasteiger partial charge >= 0.3 is 30.2 Å². The zero-order chi connectivity index (χ0) is 57.2. The Bertz CT molecular complexity index is 3090. The first-order valence-corrected chi connectivity index (χ1v) is 27.0. The monoisotopic (exact) mass is 1140 g/mol. The van der Waals surface area contributed by atoms with Crippen LogP contribution in [0.5, 0.6) is 17.6 Å². The maximum absolute atomic E-state index is 14.5. The van der Waals surface area contributed by atoms with Gasteiger partial charge in [-0.3, -0.25) is 9.69 Å². The lowest BCUT2D eigenvalue weighted by atomic mass is 9.94. The molecule has 7 rings (SSSR count). The topological polar surface area (TPSA) is 168 Å². The summed E-state index contributed by atoms with van der Waals surface area (Å²) < 4.78 is 88.3. The summed E-state index contributed by atoms with van der Waals surface area (Å²) in [5.74, 6) is -1.43. The van der Waals surface area contributed by atoms with E-state index in [4.69, 9.17) is 40.0 Å². The molecular formula is C57H66ClF4N7O9S. The summed E-state index contributed by atoms with van der Waals surface area (Å²) in [6, 6.07) is 16.0. The van der Waals surface area contributed by atoms with Gasteiger partial charge in [0.15, 0.2) is 0 Å². The van der Waals surface area contributed by atoms with Crippen molar-refractivity contribution in [1.29, 1.82) is 0 Å². The summed E-state index contributed by atoms with van der Waals surface area (Å²) in [4.78, 5) is 65.9. The summed E-state index contributed by atoms with van der Waals surface area (Å²) >= 11 is 8.67. The summed E-state index contributed by atoms with van der Waals surface area (Å²) in [6.07, 6.45) is -5.18. The number of halogens is 5. The number of carbonyl (C=O) groups excluding carboxylic acids is 3. The zero-order valence-corrected chi connectivity index (χ0v) is 47.4. The van der Waals surface area contributed by atoms with Crippen molar-refractivity contribution in [2.24, 2.45) is 0 Å². The molecule has 4 heterocycles. The largest absolute Gasteiger partial charge is 0.487 e. The van der Waals surface area contributed by atoms with Gasteiger partial charge in [0.05, 0.1) is 37.1 Å². The third-order valence-electron chi connectivity index (χ3n) is 12.4. The molecule has 0 unspecified atom stereocenters. The molecular weight excluding hydrogens is 1070 g/mol. The molecule has 1 aliphatic heterocycles. The number of rotatable bonds is 21. The fourth-order valence-electron chi connectivity index (χ4n) is 8.56. The Labute approximate surface area is 466 Å². The molecule has 1 fully saturated rings. The van der Waals surface area contributed by atoms with E-state index in [-0.39, 0.29) is 55.9 Å². The van der Waals surface area contributed by atoms with Crippen molar-refractivity contribution in [3.8, 4) is 39.2 Å². The second kappa shape index (κ2) is 26.1. The molecule has 1 atom stereocenters. The van der Waals surface area contributed by atoms with Crippen LogP contribution in [0.25, 0.3) is 31.8 Å². The van der Waals surface area contributed by atoms with E-state index >= 15 is 0 Å². The normalized spacial score (nSPS) is 13.9. The Morgan fingerprint density at radius 2 is 1.59 bits per heavy atom.